The zero-order valence-electron chi connectivity index (χ0n) is 13.1. The van der Waals surface area contributed by atoms with Crippen molar-refractivity contribution >= 4 is 0 Å². The van der Waals surface area contributed by atoms with Gasteiger partial charge >= 0.3 is 0 Å². The fourth-order valence-corrected chi connectivity index (χ4v) is 3.05. The lowest BCUT2D eigenvalue weighted by Gasteiger charge is -2.46. The van der Waals surface area contributed by atoms with Crippen LogP contribution in [0.15, 0.2) is 18.5 Å². The first-order valence-corrected chi connectivity index (χ1v) is 7.54. The molecule has 2 heterocycles. The molecular formula is C16H27N3O. The highest BCUT2D eigenvalue weighted by Gasteiger charge is 2.37. The van der Waals surface area contributed by atoms with Gasteiger partial charge in [-0.2, -0.15) is 0 Å². The summed E-state index contributed by atoms with van der Waals surface area (Å²) in [5, 5.41) is 3.65. The van der Waals surface area contributed by atoms with Gasteiger partial charge in [0, 0.05) is 31.0 Å². The standard InChI is InChI=1S/C16H27N3O/c1-5-18-15(14-12-17-7-6-13(14)2)16(3,4)19-8-10-20-11-9-19/h6-7,12,15,18H,5,8-11H2,1-4H3. The molecule has 4 nitrogen and oxygen atoms in total. The number of pyridine rings is 1. The minimum Gasteiger partial charge on any atom is -0.379 e. The number of rotatable bonds is 5. The summed E-state index contributed by atoms with van der Waals surface area (Å²) in [5.41, 5.74) is 2.63. The van der Waals surface area contributed by atoms with Crippen molar-refractivity contribution in [3.05, 3.63) is 29.6 Å². The molecule has 1 unspecified atom stereocenters. The molecule has 1 aliphatic rings. The van der Waals surface area contributed by atoms with Crippen molar-refractivity contribution in [2.75, 3.05) is 32.8 Å². The molecule has 1 atom stereocenters. The molecule has 0 radical (unpaired) electrons. The highest BCUT2D eigenvalue weighted by atomic mass is 16.5. The summed E-state index contributed by atoms with van der Waals surface area (Å²) < 4.78 is 5.49. The number of aromatic nitrogens is 1. The van der Waals surface area contributed by atoms with Crippen LogP contribution in [0.4, 0.5) is 0 Å². The van der Waals surface area contributed by atoms with Crippen LogP contribution in [-0.2, 0) is 4.74 Å². The smallest absolute Gasteiger partial charge is 0.0594 e. The molecule has 112 valence electrons. The maximum Gasteiger partial charge on any atom is 0.0594 e. The number of ether oxygens (including phenoxy) is 1. The summed E-state index contributed by atoms with van der Waals surface area (Å²) in [6.07, 6.45) is 3.87. The second-order valence-electron chi connectivity index (χ2n) is 5.98. The van der Waals surface area contributed by atoms with Crippen LogP contribution in [0.25, 0.3) is 0 Å². The Hall–Kier alpha value is -0.970. The molecule has 2 rings (SSSR count). The third-order valence-electron chi connectivity index (χ3n) is 4.33. The van der Waals surface area contributed by atoms with Gasteiger partial charge in [0.15, 0.2) is 0 Å². The van der Waals surface area contributed by atoms with Gasteiger partial charge in [0.2, 0.25) is 0 Å². The largest absolute Gasteiger partial charge is 0.379 e. The van der Waals surface area contributed by atoms with Gasteiger partial charge in [0.1, 0.15) is 0 Å². The van der Waals surface area contributed by atoms with Crippen molar-refractivity contribution in [3.8, 4) is 0 Å². The van der Waals surface area contributed by atoms with E-state index in [-0.39, 0.29) is 11.6 Å². The quantitative estimate of drug-likeness (QED) is 0.895. The van der Waals surface area contributed by atoms with Crippen LogP contribution in [0, 0.1) is 6.92 Å². The lowest BCUT2D eigenvalue weighted by molar-refractivity contribution is -0.0237. The fraction of sp³-hybridized carbons (Fsp3) is 0.688. The third kappa shape index (κ3) is 3.19. The minimum absolute atomic E-state index is 0.0353. The molecule has 0 spiro atoms. The highest BCUT2D eigenvalue weighted by molar-refractivity contribution is 5.28. The van der Waals surface area contributed by atoms with E-state index < -0.39 is 0 Å². The molecular weight excluding hydrogens is 250 g/mol. The van der Waals surface area contributed by atoms with E-state index in [9.17, 15) is 0 Å². The Morgan fingerprint density at radius 2 is 2.10 bits per heavy atom. The Kier molecular flexibility index (Phi) is 5.13. The number of nitrogens with zero attached hydrogens (tertiary/aromatic N) is 2. The monoisotopic (exact) mass is 277 g/mol. The second-order valence-corrected chi connectivity index (χ2v) is 5.98. The molecule has 1 N–H and O–H groups in total. The second kappa shape index (κ2) is 6.66. The topological polar surface area (TPSA) is 37.4 Å². The van der Waals surface area contributed by atoms with E-state index >= 15 is 0 Å². The van der Waals surface area contributed by atoms with Crippen LogP contribution in [0.1, 0.15) is 37.9 Å². The van der Waals surface area contributed by atoms with Crippen molar-refractivity contribution in [1.29, 1.82) is 0 Å². The first kappa shape index (κ1) is 15.4. The molecule has 0 aromatic carbocycles. The van der Waals surface area contributed by atoms with Crippen molar-refractivity contribution < 1.29 is 4.74 Å². The van der Waals surface area contributed by atoms with E-state index in [0.717, 1.165) is 32.8 Å². The van der Waals surface area contributed by atoms with E-state index in [4.69, 9.17) is 4.74 Å². The highest BCUT2D eigenvalue weighted by Crippen LogP contribution is 2.32. The fourth-order valence-electron chi connectivity index (χ4n) is 3.05. The Morgan fingerprint density at radius 3 is 2.70 bits per heavy atom. The van der Waals surface area contributed by atoms with Crippen LogP contribution in [-0.4, -0.2) is 48.3 Å². The summed E-state index contributed by atoms with van der Waals surface area (Å²) in [6.45, 7) is 13.6. The van der Waals surface area contributed by atoms with Crippen LogP contribution in [0.5, 0.6) is 0 Å². The van der Waals surface area contributed by atoms with Gasteiger partial charge in [-0.15, -0.1) is 0 Å². The average molecular weight is 277 g/mol. The number of likely N-dealkylation sites (N-methyl/N-ethyl adjacent to an activating group) is 1. The summed E-state index contributed by atoms with van der Waals surface area (Å²) in [6, 6.07) is 2.37. The van der Waals surface area contributed by atoms with Gasteiger partial charge in [0.25, 0.3) is 0 Å². The van der Waals surface area contributed by atoms with Crippen LogP contribution >= 0.6 is 0 Å². The van der Waals surface area contributed by atoms with Gasteiger partial charge in [-0.3, -0.25) is 9.88 Å². The van der Waals surface area contributed by atoms with Gasteiger partial charge in [-0.25, -0.2) is 0 Å². The molecule has 0 bridgehead atoms. The SMILES string of the molecule is CCNC(c1cnccc1C)C(C)(C)N1CCOCC1. The summed E-state index contributed by atoms with van der Waals surface area (Å²) >= 11 is 0. The first-order valence-electron chi connectivity index (χ1n) is 7.54. The van der Waals surface area contributed by atoms with E-state index in [1.165, 1.54) is 11.1 Å². The van der Waals surface area contributed by atoms with Crippen molar-refractivity contribution in [1.82, 2.24) is 15.2 Å². The molecule has 1 fully saturated rings. The third-order valence-corrected chi connectivity index (χ3v) is 4.33. The summed E-state index contributed by atoms with van der Waals surface area (Å²) in [4.78, 5) is 6.85. The first-order chi connectivity index (χ1) is 9.57. The van der Waals surface area contributed by atoms with Crippen molar-refractivity contribution in [2.24, 2.45) is 0 Å². The molecule has 20 heavy (non-hydrogen) atoms. The lowest BCUT2D eigenvalue weighted by atomic mass is 9.85. The van der Waals surface area contributed by atoms with Crippen molar-refractivity contribution in [2.45, 2.75) is 39.3 Å². The predicted octanol–water partition coefficient (Wildman–Crippen LogP) is 2.15. The van der Waals surface area contributed by atoms with E-state index in [1.54, 1.807) is 0 Å². The van der Waals surface area contributed by atoms with Crippen LogP contribution in [0.3, 0.4) is 0 Å². The van der Waals surface area contributed by atoms with Crippen LogP contribution in [0.2, 0.25) is 0 Å². The van der Waals surface area contributed by atoms with Gasteiger partial charge in [-0.05, 0) is 44.5 Å². The Labute approximate surface area is 122 Å². The molecule has 1 aromatic heterocycles. The summed E-state index contributed by atoms with van der Waals surface area (Å²) in [7, 11) is 0. The Morgan fingerprint density at radius 1 is 1.40 bits per heavy atom. The van der Waals surface area contributed by atoms with Gasteiger partial charge in [0.05, 0.1) is 19.3 Å². The molecule has 0 saturated carbocycles. The normalized spacial score (nSPS) is 19.0. The maximum absolute atomic E-state index is 5.49. The Balaban J connectivity index is 2.29. The minimum atomic E-state index is 0.0353. The number of nitrogens with one attached hydrogen (secondary N) is 1. The van der Waals surface area contributed by atoms with Gasteiger partial charge in [-0.1, -0.05) is 6.92 Å². The molecule has 0 aliphatic carbocycles. The molecule has 1 aliphatic heterocycles. The van der Waals surface area contributed by atoms with Gasteiger partial charge < -0.3 is 10.1 Å². The Bertz CT molecular complexity index is 427. The summed E-state index contributed by atoms with van der Waals surface area (Å²) in [5.74, 6) is 0. The maximum atomic E-state index is 5.49. The molecule has 0 amide bonds. The number of morpholine rings is 1. The van der Waals surface area contributed by atoms with Crippen LogP contribution < -0.4 is 5.32 Å². The zero-order chi connectivity index (χ0) is 14.6. The van der Waals surface area contributed by atoms with Crippen molar-refractivity contribution in [3.63, 3.8) is 0 Å². The lowest BCUT2D eigenvalue weighted by Crippen LogP contribution is -2.56. The molecule has 1 saturated heterocycles. The molecule has 1 aromatic rings. The number of hydrogen-bond acceptors (Lipinski definition) is 4. The van der Waals surface area contributed by atoms with E-state index in [1.807, 2.05) is 12.4 Å². The molecule has 4 heteroatoms. The predicted molar refractivity (Wildman–Crippen MR) is 81.9 cm³/mol. The number of aryl methyl sites for hydroxylation is 1. The zero-order valence-corrected chi connectivity index (χ0v) is 13.1. The average Bonchev–Trinajstić information content (AvgIpc) is 2.46. The van der Waals surface area contributed by atoms with E-state index in [0.29, 0.717) is 0 Å². The van der Waals surface area contributed by atoms with E-state index in [2.05, 4.69) is 49.0 Å². The number of hydrogen-bond donors (Lipinski definition) is 1.